The minimum absolute atomic E-state index is 0.0970. The van der Waals surface area contributed by atoms with Gasteiger partial charge in [-0.05, 0) is 13.8 Å². The Kier molecular flexibility index (Phi) is 7.19. The molecule has 6 heteroatoms. The summed E-state index contributed by atoms with van der Waals surface area (Å²) in [4.78, 5) is 34.0. The van der Waals surface area contributed by atoms with E-state index in [-0.39, 0.29) is 19.6 Å². The SMILES string of the molecule is C#CCC(=O)NC(C(=O)OCC)C(=O)OCC. The van der Waals surface area contributed by atoms with Gasteiger partial charge in [0.25, 0.3) is 0 Å². The van der Waals surface area contributed by atoms with E-state index in [2.05, 4.69) is 20.7 Å². The Morgan fingerprint density at radius 2 is 1.65 bits per heavy atom. The average molecular weight is 241 g/mol. The van der Waals surface area contributed by atoms with Gasteiger partial charge in [-0.1, -0.05) is 5.92 Å². The first kappa shape index (κ1) is 15.0. The van der Waals surface area contributed by atoms with Crippen molar-refractivity contribution in [3.05, 3.63) is 0 Å². The van der Waals surface area contributed by atoms with Crippen LogP contribution in [0, 0.1) is 12.3 Å². The highest BCUT2D eigenvalue weighted by atomic mass is 16.6. The lowest BCUT2D eigenvalue weighted by Gasteiger charge is -2.15. The summed E-state index contributed by atoms with van der Waals surface area (Å²) in [6.07, 6.45) is 4.70. The summed E-state index contributed by atoms with van der Waals surface area (Å²) in [5.74, 6) is -0.243. The molecule has 0 fully saturated rings. The van der Waals surface area contributed by atoms with Crippen LogP contribution in [0.5, 0.6) is 0 Å². The number of hydrogen-bond acceptors (Lipinski definition) is 5. The predicted octanol–water partition coefficient (Wildman–Crippen LogP) is -0.379. The van der Waals surface area contributed by atoms with Crippen molar-refractivity contribution in [2.24, 2.45) is 0 Å². The van der Waals surface area contributed by atoms with Gasteiger partial charge in [-0.2, -0.15) is 0 Å². The van der Waals surface area contributed by atoms with Crippen LogP contribution < -0.4 is 5.32 Å². The number of nitrogens with one attached hydrogen (secondary N) is 1. The van der Waals surface area contributed by atoms with Crippen molar-refractivity contribution in [1.29, 1.82) is 0 Å². The number of rotatable bonds is 6. The topological polar surface area (TPSA) is 81.7 Å². The molecule has 0 atom stereocenters. The maximum absolute atomic E-state index is 11.4. The normalized spacial score (nSPS) is 9.29. The first-order chi connectivity index (χ1) is 8.06. The Balaban J connectivity index is 4.62. The van der Waals surface area contributed by atoms with Crippen LogP contribution in [-0.2, 0) is 23.9 Å². The molecule has 0 saturated carbocycles. The molecule has 17 heavy (non-hydrogen) atoms. The van der Waals surface area contributed by atoms with E-state index in [0.717, 1.165) is 0 Å². The van der Waals surface area contributed by atoms with Crippen molar-refractivity contribution in [3.63, 3.8) is 0 Å². The van der Waals surface area contributed by atoms with Crippen molar-refractivity contribution >= 4 is 17.8 Å². The highest BCUT2D eigenvalue weighted by molar-refractivity contribution is 6.02. The fraction of sp³-hybridized carbons (Fsp3) is 0.545. The fourth-order valence-corrected chi connectivity index (χ4v) is 0.970. The number of terminal acetylenes is 1. The maximum Gasteiger partial charge on any atom is 0.340 e. The number of carbonyl (C=O) groups is 3. The molecule has 0 aromatic rings. The molecule has 0 rings (SSSR count). The predicted molar refractivity (Wildman–Crippen MR) is 58.6 cm³/mol. The molecule has 1 amide bonds. The zero-order chi connectivity index (χ0) is 13.3. The van der Waals surface area contributed by atoms with Gasteiger partial charge in [0.1, 0.15) is 0 Å². The maximum atomic E-state index is 11.4. The van der Waals surface area contributed by atoms with E-state index in [1.54, 1.807) is 13.8 Å². The third kappa shape index (κ3) is 5.56. The zero-order valence-corrected chi connectivity index (χ0v) is 9.82. The number of carbonyl (C=O) groups excluding carboxylic acids is 3. The molecule has 0 aromatic carbocycles. The lowest BCUT2D eigenvalue weighted by molar-refractivity contribution is -0.159. The highest BCUT2D eigenvalue weighted by Crippen LogP contribution is 1.95. The summed E-state index contributed by atoms with van der Waals surface area (Å²) < 4.78 is 9.29. The molecule has 0 aliphatic heterocycles. The Morgan fingerprint density at radius 1 is 1.18 bits per heavy atom. The van der Waals surface area contributed by atoms with Crippen LogP contribution in [-0.4, -0.2) is 37.1 Å². The van der Waals surface area contributed by atoms with Gasteiger partial charge in [-0.25, -0.2) is 9.59 Å². The van der Waals surface area contributed by atoms with Gasteiger partial charge in [0, 0.05) is 0 Å². The minimum Gasteiger partial charge on any atom is -0.464 e. The van der Waals surface area contributed by atoms with E-state index in [4.69, 9.17) is 6.42 Å². The van der Waals surface area contributed by atoms with Gasteiger partial charge >= 0.3 is 11.9 Å². The highest BCUT2D eigenvalue weighted by Gasteiger charge is 2.30. The Bertz CT molecular complexity index is 313. The Labute approximate surface area is 99.6 Å². The summed E-state index contributed by atoms with van der Waals surface area (Å²) in [6.45, 7) is 3.37. The van der Waals surface area contributed by atoms with Crippen LogP contribution in [0.2, 0.25) is 0 Å². The van der Waals surface area contributed by atoms with E-state index in [1.807, 2.05) is 0 Å². The van der Waals surface area contributed by atoms with Crippen molar-refractivity contribution < 1.29 is 23.9 Å². The van der Waals surface area contributed by atoms with Gasteiger partial charge in [0.2, 0.25) is 11.9 Å². The largest absolute Gasteiger partial charge is 0.464 e. The smallest absolute Gasteiger partial charge is 0.340 e. The lowest BCUT2D eigenvalue weighted by atomic mass is 10.3. The number of hydrogen-bond donors (Lipinski definition) is 1. The van der Waals surface area contributed by atoms with Crippen LogP contribution in [0.15, 0.2) is 0 Å². The van der Waals surface area contributed by atoms with Crippen molar-refractivity contribution in [2.45, 2.75) is 26.3 Å². The molecule has 0 aliphatic carbocycles. The summed E-state index contributed by atoms with van der Waals surface area (Å²) in [5, 5.41) is 2.16. The molecule has 0 saturated heterocycles. The molecular weight excluding hydrogens is 226 g/mol. The third-order valence-corrected chi connectivity index (χ3v) is 1.61. The molecule has 0 heterocycles. The van der Waals surface area contributed by atoms with E-state index < -0.39 is 23.9 Å². The van der Waals surface area contributed by atoms with Crippen LogP contribution in [0.4, 0.5) is 0 Å². The second-order valence-electron chi connectivity index (χ2n) is 2.89. The fourth-order valence-electron chi connectivity index (χ4n) is 0.970. The second-order valence-corrected chi connectivity index (χ2v) is 2.89. The zero-order valence-electron chi connectivity index (χ0n) is 9.82. The van der Waals surface area contributed by atoms with E-state index in [0.29, 0.717) is 0 Å². The van der Waals surface area contributed by atoms with Crippen LogP contribution in [0.25, 0.3) is 0 Å². The van der Waals surface area contributed by atoms with Gasteiger partial charge in [0.15, 0.2) is 0 Å². The lowest BCUT2D eigenvalue weighted by Crippen LogP contribution is -2.48. The first-order valence-corrected chi connectivity index (χ1v) is 5.12. The summed E-state index contributed by atoms with van der Waals surface area (Å²) in [5.41, 5.74) is 0. The Hall–Kier alpha value is -2.03. The molecule has 0 aromatic heterocycles. The quantitative estimate of drug-likeness (QED) is 0.389. The summed E-state index contributed by atoms with van der Waals surface area (Å²) in [6, 6.07) is -1.46. The van der Waals surface area contributed by atoms with Crippen molar-refractivity contribution in [1.82, 2.24) is 5.32 Å². The molecule has 0 aliphatic rings. The van der Waals surface area contributed by atoms with E-state index >= 15 is 0 Å². The molecule has 0 spiro atoms. The van der Waals surface area contributed by atoms with Crippen LogP contribution in [0.3, 0.4) is 0 Å². The number of ether oxygens (including phenoxy) is 2. The molecule has 0 unspecified atom stereocenters. The van der Waals surface area contributed by atoms with Crippen molar-refractivity contribution in [2.75, 3.05) is 13.2 Å². The van der Waals surface area contributed by atoms with Crippen LogP contribution >= 0.6 is 0 Å². The van der Waals surface area contributed by atoms with E-state index in [9.17, 15) is 14.4 Å². The summed E-state index contributed by atoms with van der Waals surface area (Å²) in [7, 11) is 0. The molecular formula is C11H15NO5. The van der Waals surface area contributed by atoms with Gasteiger partial charge in [-0.15, -0.1) is 6.42 Å². The average Bonchev–Trinajstić information content (AvgIpc) is 2.26. The third-order valence-electron chi connectivity index (χ3n) is 1.61. The van der Waals surface area contributed by atoms with E-state index in [1.165, 1.54) is 0 Å². The molecule has 0 radical (unpaired) electrons. The minimum atomic E-state index is -1.46. The van der Waals surface area contributed by atoms with Crippen LogP contribution in [0.1, 0.15) is 20.3 Å². The van der Waals surface area contributed by atoms with Gasteiger partial charge < -0.3 is 14.8 Å². The number of amides is 1. The molecule has 1 N–H and O–H groups in total. The van der Waals surface area contributed by atoms with Gasteiger partial charge in [-0.3, -0.25) is 4.79 Å². The molecule has 6 nitrogen and oxygen atoms in total. The van der Waals surface area contributed by atoms with Gasteiger partial charge in [0.05, 0.1) is 19.6 Å². The standard InChI is InChI=1S/C11H15NO5/c1-4-7-8(13)12-9(10(14)16-5-2)11(15)17-6-3/h1,9H,5-7H2,2-3H3,(H,12,13). The number of esters is 2. The first-order valence-electron chi connectivity index (χ1n) is 5.12. The summed E-state index contributed by atoms with van der Waals surface area (Å²) >= 11 is 0. The molecule has 94 valence electrons. The Morgan fingerprint density at radius 3 is 2.00 bits per heavy atom. The second kappa shape index (κ2) is 8.16. The van der Waals surface area contributed by atoms with Crippen molar-refractivity contribution in [3.8, 4) is 12.3 Å². The molecule has 0 bridgehead atoms. The monoisotopic (exact) mass is 241 g/mol.